The Kier molecular flexibility index (Phi) is 13.4. The predicted molar refractivity (Wildman–Crippen MR) is 158 cm³/mol. The fraction of sp³-hybridized carbons (Fsp3) is 0.500. The van der Waals surface area contributed by atoms with Crippen molar-refractivity contribution >= 4 is 52.3 Å². The second-order valence-electron chi connectivity index (χ2n) is 9.59. The zero-order valence-electron chi connectivity index (χ0n) is 23.1. The van der Waals surface area contributed by atoms with Gasteiger partial charge in [0.25, 0.3) is 0 Å². The van der Waals surface area contributed by atoms with Gasteiger partial charge in [-0.1, -0.05) is 18.2 Å². The Hall–Kier alpha value is -3.82. The van der Waals surface area contributed by atoms with Crippen LogP contribution >= 0.6 is 11.8 Å². The number of H-pyrrole nitrogens is 1. The number of carbonyl (C=O) groups is 4. The largest absolute Gasteiger partial charge is 0.480 e. The van der Waals surface area contributed by atoms with Crippen LogP contribution in [0.25, 0.3) is 10.9 Å². The highest BCUT2D eigenvalue weighted by Gasteiger charge is 2.33. The number of amides is 3. The molecule has 0 fully saturated rings. The number of benzene rings is 1. The normalized spacial score (nSPS) is 14.7. The molecule has 0 saturated carbocycles. The predicted octanol–water partition coefficient (Wildman–Crippen LogP) is -1.24. The Morgan fingerprint density at radius 1 is 1.02 bits per heavy atom. The SMILES string of the molecule is CSCCC(N)C(=O)NC(C(=O)NC(Cc1c[nH]c2ccccc12)C(=O)NC(CCCN=C(N)N)C(=O)O)C(C)O. The van der Waals surface area contributed by atoms with Gasteiger partial charge >= 0.3 is 5.97 Å². The van der Waals surface area contributed by atoms with E-state index in [0.717, 1.165) is 10.9 Å². The molecule has 5 atom stereocenters. The molecule has 0 radical (unpaired) electrons. The molecule has 12 N–H and O–H groups in total. The minimum absolute atomic E-state index is 0.00433. The lowest BCUT2D eigenvalue weighted by atomic mass is 10.0. The van der Waals surface area contributed by atoms with Crippen molar-refractivity contribution in [3.63, 3.8) is 0 Å². The number of nitrogens with one attached hydrogen (secondary N) is 4. The van der Waals surface area contributed by atoms with E-state index in [1.165, 1.54) is 18.7 Å². The van der Waals surface area contributed by atoms with Crippen molar-refractivity contribution in [2.24, 2.45) is 22.2 Å². The van der Waals surface area contributed by atoms with Crippen LogP contribution in [0.4, 0.5) is 0 Å². The van der Waals surface area contributed by atoms with Gasteiger partial charge < -0.3 is 48.3 Å². The zero-order chi connectivity index (χ0) is 30.5. The lowest BCUT2D eigenvalue weighted by molar-refractivity contribution is -0.142. The van der Waals surface area contributed by atoms with E-state index in [9.17, 15) is 29.4 Å². The fourth-order valence-corrected chi connectivity index (χ4v) is 4.56. The number of carboxylic acids is 1. The lowest BCUT2D eigenvalue weighted by Gasteiger charge is -2.26. The molecule has 0 spiro atoms. The van der Waals surface area contributed by atoms with Crippen molar-refractivity contribution in [1.82, 2.24) is 20.9 Å². The van der Waals surface area contributed by atoms with Crippen molar-refractivity contribution in [1.29, 1.82) is 0 Å². The van der Waals surface area contributed by atoms with Crippen molar-refractivity contribution in [2.45, 2.75) is 62.9 Å². The third-order valence-corrected chi connectivity index (χ3v) is 6.97. The second kappa shape index (κ2) is 16.4. The van der Waals surface area contributed by atoms with E-state index < -0.39 is 54.0 Å². The number of hydrogen-bond acceptors (Lipinski definition) is 8. The van der Waals surface area contributed by atoms with Gasteiger partial charge in [0.05, 0.1) is 12.1 Å². The fourth-order valence-electron chi connectivity index (χ4n) is 4.07. The van der Waals surface area contributed by atoms with Gasteiger partial charge in [-0.05, 0) is 49.8 Å². The minimum Gasteiger partial charge on any atom is -0.480 e. The molecule has 0 saturated heterocycles. The van der Waals surface area contributed by atoms with Crippen molar-refractivity contribution < 1.29 is 29.4 Å². The molecule has 2 rings (SSSR count). The molecule has 0 aliphatic heterocycles. The molecule has 3 amide bonds. The molecule has 14 nitrogen and oxygen atoms in total. The highest BCUT2D eigenvalue weighted by atomic mass is 32.2. The van der Waals surface area contributed by atoms with Crippen LogP contribution in [0.15, 0.2) is 35.5 Å². The van der Waals surface area contributed by atoms with E-state index in [2.05, 4.69) is 25.9 Å². The van der Waals surface area contributed by atoms with Crippen LogP contribution in [0.1, 0.15) is 31.7 Å². The molecule has 1 aromatic carbocycles. The standard InChI is InChI=1S/C26H40N8O6S/c1-14(35)21(34-22(36)17(27)9-11-41-2)24(38)33-20(12-15-13-31-18-7-4-3-6-16(15)18)23(37)32-19(25(39)40)8-5-10-30-26(28)29/h3-4,6-7,13-14,17,19-21,31,35H,5,8-12,27H2,1-2H3,(H,32,37)(H,33,38)(H,34,36)(H,39,40)(H4,28,29,30). The molecule has 0 bridgehead atoms. The summed E-state index contributed by atoms with van der Waals surface area (Å²) in [6.45, 7) is 1.50. The van der Waals surface area contributed by atoms with E-state index in [1.54, 1.807) is 6.20 Å². The Labute approximate surface area is 242 Å². The Bertz CT molecular complexity index is 1220. The molecule has 1 aromatic heterocycles. The number of aliphatic imine (C=N–C) groups is 1. The second-order valence-corrected chi connectivity index (χ2v) is 10.6. The van der Waals surface area contributed by atoms with Crippen LogP contribution in [0, 0.1) is 0 Å². The van der Waals surface area contributed by atoms with E-state index in [4.69, 9.17) is 17.2 Å². The number of para-hydroxylation sites is 1. The molecule has 41 heavy (non-hydrogen) atoms. The number of aromatic nitrogens is 1. The number of aliphatic hydroxyl groups is 1. The summed E-state index contributed by atoms with van der Waals surface area (Å²) in [4.78, 5) is 58.0. The average molecular weight is 593 g/mol. The van der Waals surface area contributed by atoms with Gasteiger partial charge in [0.1, 0.15) is 18.1 Å². The van der Waals surface area contributed by atoms with Crippen molar-refractivity contribution in [2.75, 3.05) is 18.6 Å². The molecule has 15 heteroatoms. The molecule has 1 heterocycles. The molecule has 226 valence electrons. The zero-order valence-corrected chi connectivity index (χ0v) is 23.9. The first-order valence-corrected chi connectivity index (χ1v) is 14.5. The number of aromatic amines is 1. The van der Waals surface area contributed by atoms with E-state index in [0.29, 0.717) is 17.7 Å². The van der Waals surface area contributed by atoms with Crippen LogP contribution in [0.5, 0.6) is 0 Å². The van der Waals surface area contributed by atoms with Crippen LogP contribution < -0.4 is 33.2 Å². The molecular weight excluding hydrogens is 552 g/mol. The summed E-state index contributed by atoms with van der Waals surface area (Å²) in [6, 6.07) is 2.54. The molecule has 0 aliphatic carbocycles. The summed E-state index contributed by atoms with van der Waals surface area (Å²) in [5.74, 6) is -2.98. The van der Waals surface area contributed by atoms with Gasteiger partial charge in [-0.3, -0.25) is 19.4 Å². The van der Waals surface area contributed by atoms with Gasteiger partial charge in [-0.15, -0.1) is 0 Å². The molecule has 2 aromatic rings. The summed E-state index contributed by atoms with van der Waals surface area (Å²) >= 11 is 1.51. The topological polar surface area (TPSA) is 251 Å². The summed E-state index contributed by atoms with van der Waals surface area (Å²) in [5.41, 5.74) is 18.0. The summed E-state index contributed by atoms with van der Waals surface area (Å²) in [6.07, 6.45) is 2.93. The van der Waals surface area contributed by atoms with Gasteiger partial charge in [0.15, 0.2) is 5.96 Å². The van der Waals surface area contributed by atoms with Crippen LogP contribution in [0.3, 0.4) is 0 Å². The highest BCUT2D eigenvalue weighted by Crippen LogP contribution is 2.19. The Morgan fingerprint density at radius 3 is 2.34 bits per heavy atom. The number of guanidine groups is 1. The first-order chi connectivity index (χ1) is 19.4. The Balaban J connectivity index is 2.26. The smallest absolute Gasteiger partial charge is 0.326 e. The number of fused-ring (bicyclic) bond motifs is 1. The first-order valence-electron chi connectivity index (χ1n) is 13.1. The number of aliphatic hydroxyl groups excluding tert-OH is 1. The van der Waals surface area contributed by atoms with Gasteiger partial charge in [-0.2, -0.15) is 11.8 Å². The number of nitrogens with two attached hydrogens (primary N) is 3. The maximum Gasteiger partial charge on any atom is 0.326 e. The van der Waals surface area contributed by atoms with Crippen molar-refractivity contribution in [3.8, 4) is 0 Å². The summed E-state index contributed by atoms with van der Waals surface area (Å²) in [7, 11) is 0. The quantitative estimate of drug-likeness (QED) is 0.0600. The highest BCUT2D eigenvalue weighted by molar-refractivity contribution is 7.98. The molecular formula is C26H40N8O6S. The number of thioether (sulfide) groups is 1. The number of carboxylic acid groups (broad SMARTS) is 1. The molecule has 0 aliphatic rings. The summed E-state index contributed by atoms with van der Waals surface area (Å²) in [5, 5.41) is 28.3. The number of nitrogens with zero attached hydrogens (tertiary/aromatic N) is 1. The third-order valence-electron chi connectivity index (χ3n) is 6.32. The number of aliphatic carboxylic acids is 1. The van der Waals surface area contributed by atoms with Crippen molar-refractivity contribution in [3.05, 3.63) is 36.0 Å². The first kappa shape index (κ1) is 33.4. The Morgan fingerprint density at radius 2 is 1.71 bits per heavy atom. The van der Waals surface area contributed by atoms with E-state index in [1.807, 2.05) is 30.5 Å². The maximum absolute atomic E-state index is 13.4. The van der Waals surface area contributed by atoms with Crippen LogP contribution in [-0.2, 0) is 25.6 Å². The summed E-state index contributed by atoms with van der Waals surface area (Å²) < 4.78 is 0. The van der Waals surface area contributed by atoms with Gasteiger partial charge in [-0.25, -0.2) is 4.79 Å². The maximum atomic E-state index is 13.4. The number of hydrogen-bond donors (Lipinski definition) is 9. The lowest BCUT2D eigenvalue weighted by Crippen LogP contribution is -2.60. The van der Waals surface area contributed by atoms with Gasteiger partial charge in [0, 0.05) is 30.1 Å². The molecule has 5 unspecified atom stereocenters. The number of carbonyl (C=O) groups excluding carboxylic acids is 3. The van der Waals surface area contributed by atoms with Gasteiger partial charge in [0.2, 0.25) is 17.7 Å². The van der Waals surface area contributed by atoms with E-state index >= 15 is 0 Å². The van der Waals surface area contributed by atoms with Crippen LogP contribution in [-0.4, -0.2) is 93.7 Å². The average Bonchev–Trinajstić information content (AvgIpc) is 3.33. The van der Waals surface area contributed by atoms with E-state index in [-0.39, 0.29) is 31.8 Å². The van der Waals surface area contributed by atoms with Crippen LogP contribution in [0.2, 0.25) is 0 Å². The minimum atomic E-state index is -1.41. The number of rotatable bonds is 17. The third kappa shape index (κ3) is 10.6. The monoisotopic (exact) mass is 592 g/mol.